The Hall–Kier alpha value is 2.97. The summed E-state index contributed by atoms with van der Waals surface area (Å²) in [5.41, 5.74) is 0. The van der Waals surface area contributed by atoms with E-state index >= 15 is 0 Å². The van der Waals surface area contributed by atoms with Gasteiger partial charge in [0.2, 0.25) is 0 Å². The first kappa shape index (κ1) is 25.7. The molecular formula is H11Ca2O9P3. The van der Waals surface area contributed by atoms with E-state index in [0.29, 0.717) is 0 Å². The van der Waals surface area contributed by atoms with Crippen molar-refractivity contribution < 1.29 is 42.5 Å². The molecule has 0 rings (SSSR count). The van der Waals surface area contributed by atoms with E-state index < -0.39 is 24.3 Å². The molecule has 2 atom stereocenters. The number of rotatable bonds is 2. The van der Waals surface area contributed by atoms with E-state index in [-0.39, 0.29) is 75.5 Å². The summed E-state index contributed by atoms with van der Waals surface area (Å²) < 4.78 is 31.2. The minimum atomic E-state index is -4.64. The van der Waals surface area contributed by atoms with Crippen molar-refractivity contribution in [2.45, 2.75) is 0 Å². The molecule has 0 aliphatic rings. The van der Waals surface area contributed by atoms with Crippen LogP contribution in [0, 0.1) is 0 Å². The first-order chi connectivity index (χ1) is 5.13. The molecule has 5 N–H and O–H groups in total. The Morgan fingerprint density at radius 3 is 1.07 bits per heavy atom. The van der Waals surface area contributed by atoms with Crippen LogP contribution in [0.2, 0.25) is 0 Å². The SMILES string of the molecule is O=P(O)(O)O.O=[PH](O)O[PH](=O)O.[CaH2].[CaH2]. The molecule has 0 aromatic rings. The summed E-state index contributed by atoms with van der Waals surface area (Å²) in [7, 11) is -11.0. The Morgan fingerprint density at radius 1 is 0.929 bits per heavy atom. The molecule has 14 heavy (non-hydrogen) atoms. The molecule has 0 aromatic carbocycles. The van der Waals surface area contributed by atoms with Crippen LogP contribution in [0.25, 0.3) is 0 Å². The van der Waals surface area contributed by atoms with E-state index in [2.05, 4.69) is 4.31 Å². The van der Waals surface area contributed by atoms with E-state index in [4.69, 9.17) is 29.0 Å². The van der Waals surface area contributed by atoms with Gasteiger partial charge in [-0.1, -0.05) is 0 Å². The fraction of sp³-hybridized carbons (Fsp3) is 0. The van der Waals surface area contributed by atoms with Crippen LogP contribution >= 0.6 is 24.3 Å². The molecule has 0 fully saturated rings. The van der Waals surface area contributed by atoms with E-state index in [9.17, 15) is 9.13 Å². The van der Waals surface area contributed by atoms with Gasteiger partial charge in [-0.25, -0.2) is 8.88 Å². The number of hydrogen-bond acceptors (Lipinski definition) is 4. The second-order valence-electron chi connectivity index (χ2n) is 1.15. The van der Waals surface area contributed by atoms with Crippen LogP contribution in [0.5, 0.6) is 0 Å². The van der Waals surface area contributed by atoms with Crippen molar-refractivity contribution in [1.29, 1.82) is 0 Å². The molecule has 0 heterocycles. The zero-order valence-electron chi connectivity index (χ0n) is 5.32. The van der Waals surface area contributed by atoms with Gasteiger partial charge in [-0.3, -0.25) is 9.13 Å². The Bertz CT molecular complexity index is 186. The summed E-state index contributed by atoms with van der Waals surface area (Å²) in [4.78, 5) is 37.0. The molecule has 84 valence electrons. The molecule has 9 nitrogen and oxygen atoms in total. The van der Waals surface area contributed by atoms with Crippen LogP contribution in [0.3, 0.4) is 0 Å². The number of hydrogen-bond donors (Lipinski definition) is 5. The minimum absolute atomic E-state index is 0. The first-order valence-electron chi connectivity index (χ1n) is 2.05. The second-order valence-corrected chi connectivity index (χ2v) is 4.05. The standard InChI is InChI=1S/2Ca.H4O5P2.H3O4P.4H/c;;1-6(2)5-7(3)4;1-5(2,3)4;;;;/h;;6-7H,(H,1,2)(H,3,4);(H3,1,2,3,4);;;;. The molecule has 0 aliphatic carbocycles. The molecule has 0 aromatic heterocycles. The monoisotopic (exact) mass is 328 g/mol. The fourth-order valence-electron chi connectivity index (χ4n) is 0.0747. The van der Waals surface area contributed by atoms with Gasteiger partial charge in [0.1, 0.15) is 0 Å². The third kappa shape index (κ3) is 60.1. The third-order valence-corrected chi connectivity index (χ3v) is 1.57. The summed E-state index contributed by atoms with van der Waals surface area (Å²) in [5.74, 6) is 0. The summed E-state index contributed by atoms with van der Waals surface area (Å²) in [5, 5.41) is 0. The molecule has 2 unspecified atom stereocenters. The molecule has 0 radical (unpaired) electrons. The summed E-state index contributed by atoms with van der Waals surface area (Å²) >= 11 is 0. The van der Waals surface area contributed by atoms with Crippen molar-refractivity contribution in [3.63, 3.8) is 0 Å². The quantitative estimate of drug-likeness (QED) is 0.263. The molecule has 0 saturated heterocycles. The van der Waals surface area contributed by atoms with E-state index in [1.807, 2.05) is 0 Å². The van der Waals surface area contributed by atoms with Gasteiger partial charge in [-0.05, 0) is 0 Å². The van der Waals surface area contributed by atoms with Gasteiger partial charge in [0, 0.05) is 0 Å². The topological polar surface area (TPSA) is 162 Å². The van der Waals surface area contributed by atoms with Gasteiger partial charge in [0.25, 0.3) is 0 Å². The van der Waals surface area contributed by atoms with Gasteiger partial charge in [-0.2, -0.15) is 0 Å². The van der Waals surface area contributed by atoms with Crippen LogP contribution in [0.15, 0.2) is 0 Å². The van der Waals surface area contributed by atoms with E-state index in [1.54, 1.807) is 0 Å². The molecule has 0 spiro atoms. The summed E-state index contributed by atoms with van der Waals surface area (Å²) in [6.45, 7) is 0. The van der Waals surface area contributed by atoms with Crippen molar-refractivity contribution in [2.75, 3.05) is 0 Å². The van der Waals surface area contributed by atoms with Gasteiger partial charge in [0.05, 0.1) is 0 Å². The van der Waals surface area contributed by atoms with Gasteiger partial charge in [-0.15, -0.1) is 0 Å². The van der Waals surface area contributed by atoms with E-state index in [1.165, 1.54) is 0 Å². The van der Waals surface area contributed by atoms with Crippen LogP contribution in [0.4, 0.5) is 0 Å². The molecule has 0 aliphatic heterocycles. The Morgan fingerprint density at radius 2 is 1.07 bits per heavy atom. The molecule has 0 amide bonds. The van der Waals surface area contributed by atoms with Crippen molar-refractivity contribution in [1.82, 2.24) is 0 Å². The van der Waals surface area contributed by atoms with Crippen molar-refractivity contribution in [3.8, 4) is 0 Å². The zero-order valence-corrected chi connectivity index (χ0v) is 8.21. The van der Waals surface area contributed by atoms with Crippen LogP contribution in [-0.4, -0.2) is 99.9 Å². The van der Waals surface area contributed by atoms with Crippen LogP contribution < -0.4 is 0 Å². The Labute approximate surface area is 140 Å². The molecule has 14 heteroatoms. The Balaban J connectivity index is -0.0000000651. The Kier molecular flexibility index (Phi) is 25.8. The van der Waals surface area contributed by atoms with Gasteiger partial charge in [0.15, 0.2) is 0 Å². The van der Waals surface area contributed by atoms with Crippen LogP contribution in [0.1, 0.15) is 0 Å². The maximum atomic E-state index is 9.44. The van der Waals surface area contributed by atoms with Gasteiger partial charge < -0.3 is 24.5 Å². The van der Waals surface area contributed by atoms with Gasteiger partial charge >= 0.3 is 99.8 Å². The molecular weight excluding hydrogens is 317 g/mol. The predicted octanol–water partition coefficient (Wildman–Crippen LogP) is -2.99. The van der Waals surface area contributed by atoms with E-state index in [0.717, 1.165) is 0 Å². The summed E-state index contributed by atoms with van der Waals surface area (Å²) in [6, 6.07) is 0. The third-order valence-electron chi connectivity index (χ3n) is 0.175. The zero-order chi connectivity index (χ0) is 10.4. The second kappa shape index (κ2) is 14.0. The van der Waals surface area contributed by atoms with Crippen molar-refractivity contribution >= 4 is 99.8 Å². The average molecular weight is 328 g/mol. The summed E-state index contributed by atoms with van der Waals surface area (Å²) in [6.07, 6.45) is 0. The first-order valence-corrected chi connectivity index (χ1v) is 6.14. The predicted molar refractivity (Wildman–Crippen MR) is 54.9 cm³/mol. The van der Waals surface area contributed by atoms with Crippen LogP contribution in [-0.2, 0) is 18.0 Å². The molecule has 0 bridgehead atoms. The average Bonchev–Trinajstić information content (AvgIpc) is 1.52. The number of phosphoric acid groups is 1. The van der Waals surface area contributed by atoms with Crippen molar-refractivity contribution in [2.24, 2.45) is 0 Å². The maximum absolute atomic E-state index is 9.44. The van der Waals surface area contributed by atoms with Crippen molar-refractivity contribution in [3.05, 3.63) is 0 Å². The normalized spacial score (nSPS) is 13.5. The molecule has 0 saturated carbocycles. The fourth-order valence-corrected chi connectivity index (χ4v) is 0.672.